The summed E-state index contributed by atoms with van der Waals surface area (Å²) in [6.07, 6.45) is 4.47. The van der Waals surface area contributed by atoms with Gasteiger partial charge in [-0.05, 0) is 25.8 Å². The molecule has 1 rings (SSSR count). The second kappa shape index (κ2) is 9.30. The van der Waals surface area contributed by atoms with E-state index in [4.69, 9.17) is 9.84 Å². The normalized spacial score (nSPS) is 19.4. The van der Waals surface area contributed by atoms with Crippen LogP contribution in [-0.4, -0.2) is 61.4 Å². The van der Waals surface area contributed by atoms with Crippen molar-refractivity contribution in [2.45, 2.75) is 38.7 Å². The van der Waals surface area contributed by atoms with Gasteiger partial charge in [0.25, 0.3) is 0 Å². The number of aliphatic hydroxyl groups is 1. The average Bonchev–Trinajstić information content (AvgIpc) is 2.87. The summed E-state index contributed by atoms with van der Waals surface area (Å²) < 4.78 is 5.45. The summed E-state index contributed by atoms with van der Waals surface area (Å²) in [5, 5.41) is 11.9. The molecule has 1 aliphatic rings. The number of hydrogen-bond acceptors (Lipinski definition) is 4. The first kappa shape index (κ1) is 15.4. The molecule has 2 N–H and O–H groups in total. The Balaban J connectivity index is 2.17. The van der Waals surface area contributed by atoms with Crippen LogP contribution in [-0.2, 0) is 9.53 Å². The van der Waals surface area contributed by atoms with Crippen LogP contribution in [0.1, 0.15) is 32.6 Å². The second-order valence-corrected chi connectivity index (χ2v) is 4.79. The predicted octanol–water partition coefficient (Wildman–Crippen LogP) is 0.376. The molecule has 1 heterocycles. The van der Waals surface area contributed by atoms with Gasteiger partial charge < -0.3 is 15.2 Å². The van der Waals surface area contributed by atoms with Gasteiger partial charge in [0.05, 0.1) is 19.3 Å². The number of hydrogen-bond donors (Lipinski definition) is 2. The Morgan fingerprint density at radius 1 is 1.50 bits per heavy atom. The molecule has 0 aromatic carbocycles. The highest BCUT2D eigenvalue weighted by Gasteiger charge is 2.17. The van der Waals surface area contributed by atoms with Gasteiger partial charge in [-0.2, -0.15) is 0 Å². The number of nitrogens with one attached hydrogen (secondary N) is 1. The van der Waals surface area contributed by atoms with E-state index in [9.17, 15) is 4.79 Å². The molecule has 0 aromatic heterocycles. The molecule has 1 fully saturated rings. The number of carbonyl (C=O) groups is 1. The minimum atomic E-state index is 0.0232. The minimum Gasteiger partial charge on any atom is -0.395 e. The molecule has 1 amide bonds. The lowest BCUT2D eigenvalue weighted by molar-refractivity contribution is -0.122. The molecule has 5 heteroatoms. The third-order valence-electron chi connectivity index (χ3n) is 3.16. The number of nitrogens with zero attached hydrogens (tertiary/aromatic N) is 1. The van der Waals surface area contributed by atoms with Gasteiger partial charge in [0.15, 0.2) is 0 Å². The van der Waals surface area contributed by atoms with Crippen LogP contribution >= 0.6 is 0 Å². The Morgan fingerprint density at radius 2 is 2.33 bits per heavy atom. The zero-order chi connectivity index (χ0) is 13.2. The molecule has 1 atom stereocenters. The van der Waals surface area contributed by atoms with Gasteiger partial charge in [-0.15, -0.1) is 0 Å². The van der Waals surface area contributed by atoms with Crippen molar-refractivity contribution in [3.8, 4) is 0 Å². The maximum Gasteiger partial charge on any atom is 0.234 e. The van der Waals surface area contributed by atoms with Crippen molar-refractivity contribution in [3.05, 3.63) is 0 Å². The smallest absolute Gasteiger partial charge is 0.234 e. The van der Waals surface area contributed by atoms with E-state index < -0.39 is 0 Å². The van der Waals surface area contributed by atoms with Crippen molar-refractivity contribution < 1.29 is 14.6 Å². The van der Waals surface area contributed by atoms with Crippen molar-refractivity contribution in [3.63, 3.8) is 0 Å². The molecule has 5 nitrogen and oxygen atoms in total. The van der Waals surface area contributed by atoms with Gasteiger partial charge in [0.1, 0.15) is 0 Å². The third-order valence-corrected chi connectivity index (χ3v) is 3.16. The Kier molecular flexibility index (Phi) is 7.96. The fourth-order valence-electron chi connectivity index (χ4n) is 2.09. The van der Waals surface area contributed by atoms with E-state index in [-0.39, 0.29) is 18.6 Å². The van der Waals surface area contributed by atoms with Gasteiger partial charge >= 0.3 is 0 Å². The van der Waals surface area contributed by atoms with E-state index in [2.05, 4.69) is 12.2 Å². The van der Waals surface area contributed by atoms with E-state index in [0.717, 1.165) is 38.8 Å². The summed E-state index contributed by atoms with van der Waals surface area (Å²) in [7, 11) is 0. The molecule has 0 aromatic rings. The second-order valence-electron chi connectivity index (χ2n) is 4.79. The molecule has 18 heavy (non-hydrogen) atoms. The number of ether oxygens (including phenoxy) is 1. The summed E-state index contributed by atoms with van der Waals surface area (Å²) >= 11 is 0. The van der Waals surface area contributed by atoms with E-state index >= 15 is 0 Å². The van der Waals surface area contributed by atoms with Gasteiger partial charge in [-0.3, -0.25) is 9.69 Å². The Labute approximate surface area is 109 Å². The van der Waals surface area contributed by atoms with Crippen molar-refractivity contribution in [1.29, 1.82) is 0 Å². The molecule has 0 bridgehead atoms. The number of rotatable bonds is 9. The zero-order valence-electron chi connectivity index (χ0n) is 11.4. The van der Waals surface area contributed by atoms with Crippen molar-refractivity contribution >= 4 is 5.91 Å². The molecule has 106 valence electrons. The van der Waals surface area contributed by atoms with Crippen LogP contribution in [0.3, 0.4) is 0 Å². The monoisotopic (exact) mass is 258 g/mol. The Morgan fingerprint density at radius 3 is 2.94 bits per heavy atom. The zero-order valence-corrected chi connectivity index (χ0v) is 11.4. The number of carbonyl (C=O) groups excluding carboxylic acids is 1. The van der Waals surface area contributed by atoms with Gasteiger partial charge in [-0.25, -0.2) is 0 Å². The molecule has 0 radical (unpaired) electrons. The molecule has 1 saturated heterocycles. The van der Waals surface area contributed by atoms with Gasteiger partial charge in [0.2, 0.25) is 5.91 Å². The van der Waals surface area contributed by atoms with Crippen molar-refractivity contribution in [1.82, 2.24) is 10.2 Å². The van der Waals surface area contributed by atoms with Crippen LogP contribution in [0.5, 0.6) is 0 Å². The van der Waals surface area contributed by atoms with Crippen LogP contribution in [0.15, 0.2) is 0 Å². The van der Waals surface area contributed by atoms with Crippen LogP contribution < -0.4 is 5.32 Å². The number of unbranched alkanes of at least 4 members (excludes halogenated alkanes) is 1. The highest BCUT2D eigenvalue weighted by atomic mass is 16.5. The summed E-state index contributed by atoms with van der Waals surface area (Å²) in [5.41, 5.74) is 0. The fraction of sp³-hybridized carbons (Fsp3) is 0.923. The first-order chi connectivity index (χ1) is 8.76. The van der Waals surface area contributed by atoms with Gasteiger partial charge in [0, 0.05) is 19.7 Å². The molecular formula is C13H26N2O3. The lowest BCUT2D eigenvalue weighted by atomic mass is 10.2. The molecule has 0 saturated carbocycles. The van der Waals surface area contributed by atoms with Crippen LogP contribution in [0, 0.1) is 0 Å². The standard InChI is InChI=1S/C13H26N2O3/c1-2-3-6-15(7-8-16)11-13(17)14-10-12-5-4-9-18-12/h12,16H,2-11H2,1H3,(H,14,17). The maximum absolute atomic E-state index is 11.8. The highest BCUT2D eigenvalue weighted by Crippen LogP contribution is 2.10. The lowest BCUT2D eigenvalue weighted by Gasteiger charge is -2.20. The SMILES string of the molecule is CCCCN(CCO)CC(=O)NCC1CCCO1. The predicted molar refractivity (Wildman–Crippen MR) is 70.4 cm³/mol. The summed E-state index contributed by atoms with van der Waals surface area (Å²) in [6.45, 7) is 5.44. The Bertz CT molecular complexity index is 230. The Hall–Kier alpha value is -0.650. The third kappa shape index (κ3) is 6.33. The highest BCUT2D eigenvalue weighted by molar-refractivity contribution is 5.78. The summed E-state index contributed by atoms with van der Waals surface area (Å²) in [5.74, 6) is 0.0232. The van der Waals surface area contributed by atoms with Crippen LogP contribution in [0.4, 0.5) is 0 Å². The van der Waals surface area contributed by atoms with Crippen molar-refractivity contribution in [2.24, 2.45) is 0 Å². The number of amides is 1. The lowest BCUT2D eigenvalue weighted by Crippen LogP contribution is -2.41. The molecule has 1 unspecified atom stereocenters. The minimum absolute atomic E-state index is 0.0232. The van der Waals surface area contributed by atoms with E-state index in [1.54, 1.807) is 0 Å². The molecule has 0 aliphatic carbocycles. The van der Waals surface area contributed by atoms with E-state index in [1.165, 1.54) is 0 Å². The molecular weight excluding hydrogens is 232 g/mol. The fourth-order valence-corrected chi connectivity index (χ4v) is 2.09. The quantitative estimate of drug-likeness (QED) is 0.627. The van der Waals surface area contributed by atoms with Crippen molar-refractivity contribution in [2.75, 3.05) is 39.4 Å². The van der Waals surface area contributed by atoms with E-state index in [1.807, 2.05) is 4.90 Å². The molecule has 0 spiro atoms. The summed E-state index contributed by atoms with van der Waals surface area (Å²) in [6, 6.07) is 0. The van der Waals surface area contributed by atoms with Crippen LogP contribution in [0.2, 0.25) is 0 Å². The van der Waals surface area contributed by atoms with Gasteiger partial charge in [-0.1, -0.05) is 13.3 Å². The topological polar surface area (TPSA) is 61.8 Å². The largest absolute Gasteiger partial charge is 0.395 e. The average molecular weight is 258 g/mol. The number of aliphatic hydroxyl groups excluding tert-OH is 1. The first-order valence-electron chi connectivity index (χ1n) is 6.97. The maximum atomic E-state index is 11.8. The van der Waals surface area contributed by atoms with Crippen LogP contribution in [0.25, 0.3) is 0 Å². The first-order valence-corrected chi connectivity index (χ1v) is 6.97. The molecule has 1 aliphatic heterocycles. The summed E-state index contributed by atoms with van der Waals surface area (Å²) in [4.78, 5) is 13.8. The van der Waals surface area contributed by atoms with E-state index in [0.29, 0.717) is 19.6 Å².